The monoisotopic (exact) mass is 355 g/mol. The van der Waals surface area contributed by atoms with E-state index in [2.05, 4.69) is 28.2 Å². The number of nitrogen functional groups attached to an aromatic ring is 1. The molecule has 0 atom stereocenters. The summed E-state index contributed by atoms with van der Waals surface area (Å²) in [4.78, 5) is 4.28. The van der Waals surface area contributed by atoms with Gasteiger partial charge in [-0.1, -0.05) is 30.8 Å². The molecule has 0 radical (unpaired) electrons. The van der Waals surface area contributed by atoms with Crippen molar-refractivity contribution in [2.24, 2.45) is 0 Å². The Morgan fingerprint density at radius 3 is 2.54 bits per heavy atom. The van der Waals surface area contributed by atoms with Gasteiger partial charge in [-0.2, -0.15) is 0 Å². The third kappa shape index (κ3) is 4.42. The molecular formula is C16H13ClF3N3O. The minimum atomic E-state index is -4.78. The summed E-state index contributed by atoms with van der Waals surface area (Å²) in [5.74, 6) is -0.0103. The number of benzene rings is 1. The highest BCUT2D eigenvalue weighted by atomic mass is 35.5. The van der Waals surface area contributed by atoms with Gasteiger partial charge in [0.15, 0.2) is 0 Å². The van der Waals surface area contributed by atoms with Crippen molar-refractivity contribution >= 4 is 39.9 Å². The predicted molar refractivity (Wildman–Crippen MR) is 90.0 cm³/mol. The summed E-state index contributed by atoms with van der Waals surface area (Å²) in [6, 6.07) is 6.94. The molecule has 4 nitrogen and oxygen atoms in total. The van der Waals surface area contributed by atoms with Crippen molar-refractivity contribution in [3.8, 4) is 5.75 Å². The average Bonchev–Trinajstić information content (AvgIpc) is 2.48. The van der Waals surface area contributed by atoms with E-state index in [-0.39, 0.29) is 10.7 Å². The summed E-state index contributed by atoms with van der Waals surface area (Å²) >= 11 is 5.90. The lowest BCUT2D eigenvalue weighted by Crippen LogP contribution is -2.17. The van der Waals surface area contributed by atoms with Gasteiger partial charge < -0.3 is 15.8 Å². The molecule has 1 aromatic carbocycles. The molecule has 2 rings (SSSR count). The molecule has 0 unspecified atom stereocenters. The van der Waals surface area contributed by atoms with Crippen LogP contribution in [0.5, 0.6) is 5.75 Å². The minimum Gasteiger partial charge on any atom is -0.406 e. The first-order valence-electron chi connectivity index (χ1n) is 6.60. The number of halogens is 4. The lowest BCUT2D eigenvalue weighted by molar-refractivity contribution is -0.274. The fourth-order valence-corrected chi connectivity index (χ4v) is 2.06. The second-order valence-electron chi connectivity index (χ2n) is 4.67. The van der Waals surface area contributed by atoms with Crippen LogP contribution in [0.1, 0.15) is 11.3 Å². The first-order valence-corrected chi connectivity index (χ1v) is 6.98. The third-order valence-electron chi connectivity index (χ3n) is 2.92. The fourth-order valence-electron chi connectivity index (χ4n) is 1.91. The number of aromatic nitrogens is 1. The van der Waals surface area contributed by atoms with Gasteiger partial charge in [0.05, 0.1) is 22.1 Å². The highest BCUT2D eigenvalue weighted by Crippen LogP contribution is 2.31. The van der Waals surface area contributed by atoms with Crippen LogP contribution in [-0.2, 0) is 0 Å². The molecule has 0 aliphatic carbocycles. The summed E-state index contributed by atoms with van der Waals surface area (Å²) in [5.41, 5.74) is 7.32. The molecular weight excluding hydrogens is 343 g/mol. The number of hydrogen-bond donors (Lipinski definition) is 2. The van der Waals surface area contributed by atoms with Crippen LogP contribution in [-0.4, -0.2) is 11.3 Å². The van der Waals surface area contributed by atoms with Crippen molar-refractivity contribution < 1.29 is 17.9 Å². The van der Waals surface area contributed by atoms with Crippen LogP contribution in [0.25, 0.3) is 11.1 Å². The van der Waals surface area contributed by atoms with Crippen LogP contribution in [0.3, 0.4) is 0 Å². The summed E-state index contributed by atoms with van der Waals surface area (Å²) in [6.45, 7) is 7.28. The Balaban J connectivity index is 2.27. The predicted octanol–water partition coefficient (Wildman–Crippen LogP) is 5.16. The average molecular weight is 356 g/mol. The summed E-state index contributed by atoms with van der Waals surface area (Å²) in [5, 5.41) is 3.13. The fraction of sp³-hybridized carbons (Fsp3) is 0.0625. The molecule has 0 fully saturated rings. The normalized spacial score (nSPS) is 11.0. The number of nitrogens with zero attached hydrogens (tertiary/aromatic N) is 1. The summed E-state index contributed by atoms with van der Waals surface area (Å²) < 4.78 is 40.4. The second-order valence-corrected chi connectivity index (χ2v) is 5.12. The molecule has 0 saturated heterocycles. The molecule has 0 bridgehead atoms. The Kier molecular flexibility index (Phi) is 5.04. The zero-order valence-electron chi connectivity index (χ0n) is 12.3. The van der Waals surface area contributed by atoms with Crippen LogP contribution in [0.2, 0.25) is 0 Å². The SMILES string of the molecule is C=Cc1ccc(Nc2ccc(OC(F)(F)F)cc2N)nc1C(=C)Cl. The van der Waals surface area contributed by atoms with Crippen LogP contribution in [0.4, 0.5) is 30.4 Å². The standard InChI is InChI=1S/C16H13ClF3N3O/c1-3-10-4-7-14(23-15(10)9(2)17)22-13-6-5-11(8-12(13)21)24-16(18,19)20/h3-8H,1-2,21H2,(H,22,23). The molecule has 0 amide bonds. The van der Waals surface area contributed by atoms with Gasteiger partial charge in [0.1, 0.15) is 11.6 Å². The van der Waals surface area contributed by atoms with Crippen molar-refractivity contribution in [2.45, 2.75) is 6.36 Å². The molecule has 8 heteroatoms. The third-order valence-corrected chi connectivity index (χ3v) is 3.10. The number of anilines is 3. The van der Waals surface area contributed by atoms with E-state index in [4.69, 9.17) is 17.3 Å². The number of rotatable bonds is 5. The number of alkyl halides is 3. The van der Waals surface area contributed by atoms with E-state index in [1.807, 2.05) is 0 Å². The Labute approximate surface area is 141 Å². The van der Waals surface area contributed by atoms with Gasteiger partial charge in [-0.25, -0.2) is 4.98 Å². The van der Waals surface area contributed by atoms with Crippen molar-refractivity contribution in [1.82, 2.24) is 4.98 Å². The molecule has 126 valence electrons. The van der Waals surface area contributed by atoms with Crippen LogP contribution in [0, 0.1) is 0 Å². The number of nitrogens with two attached hydrogens (primary N) is 1. The van der Waals surface area contributed by atoms with E-state index in [1.54, 1.807) is 18.2 Å². The van der Waals surface area contributed by atoms with Gasteiger partial charge >= 0.3 is 6.36 Å². The molecule has 3 N–H and O–H groups in total. The van der Waals surface area contributed by atoms with Crippen molar-refractivity contribution in [3.05, 3.63) is 54.7 Å². The summed E-state index contributed by atoms with van der Waals surface area (Å²) in [6.07, 6.45) is -3.20. The minimum absolute atomic E-state index is 0.0672. The number of hydrogen-bond acceptors (Lipinski definition) is 4. The van der Waals surface area contributed by atoms with Crippen molar-refractivity contribution in [1.29, 1.82) is 0 Å². The van der Waals surface area contributed by atoms with Crippen LogP contribution >= 0.6 is 11.6 Å². The largest absolute Gasteiger partial charge is 0.573 e. The molecule has 0 aliphatic heterocycles. The summed E-state index contributed by atoms with van der Waals surface area (Å²) in [7, 11) is 0. The first-order chi connectivity index (χ1) is 11.2. The molecule has 1 heterocycles. The van der Waals surface area contributed by atoms with E-state index in [9.17, 15) is 13.2 Å². The Hall–Kier alpha value is -2.67. The van der Waals surface area contributed by atoms with E-state index in [0.717, 1.165) is 12.1 Å². The number of pyridine rings is 1. The van der Waals surface area contributed by atoms with Gasteiger partial charge in [0.2, 0.25) is 0 Å². The maximum absolute atomic E-state index is 12.2. The van der Waals surface area contributed by atoms with E-state index < -0.39 is 12.1 Å². The molecule has 2 aromatic rings. The van der Waals surface area contributed by atoms with Crippen LogP contribution in [0.15, 0.2) is 43.5 Å². The molecule has 0 spiro atoms. The topological polar surface area (TPSA) is 60.2 Å². The zero-order valence-corrected chi connectivity index (χ0v) is 13.1. The Bertz CT molecular complexity index is 791. The molecule has 0 aliphatic rings. The zero-order chi connectivity index (χ0) is 17.9. The maximum atomic E-state index is 12.2. The van der Waals surface area contributed by atoms with Gasteiger partial charge in [-0.3, -0.25) is 0 Å². The van der Waals surface area contributed by atoms with Gasteiger partial charge in [0, 0.05) is 11.6 Å². The molecule has 0 saturated carbocycles. The van der Waals surface area contributed by atoms with E-state index >= 15 is 0 Å². The van der Waals surface area contributed by atoms with Crippen molar-refractivity contribution in [3.63, 3.8) is 0 Å². The quantitative estimate of drug-likeness (QED) is 0.727. The highest BCUT2D eigenvalue weighted by Gasteiger charge is 2.31. The lowest BCUT2D eigenvalue weighted by atomic mass is 10.2. The Morgan fingerprint density at radius 1 is 1.29 bits per heavy atom. The second kappa shape index (κ2) is 6.84. The molecule has 24 heavy (non-hydrogen) atoms. The molecule has 1 aromatic heterocycles. The number of nitrogens with one attached hydrogen (secondary N) is 1. The first kappa shape index (κ1) is 17.7. The smallest absolute Gasteiger partial charge is 0.406 e. The highest BCUT2D eigenvalue weighted by molar-refractivity contribution is 6.48. The van der Waals surface area contributed by atoms with Gasteiger partial charge in [-0.05, 0) is 24.3 Å². The lowest BCUT2D eigenvalue weighted by Gasteiger charge is -2.13. The van der Waals surface area contributed by atoms with Gasteiger partial charge in [-0.15, -0.1) is 13.2 Å². The van der Waals surface area contributed by atoms with E-state index in [1.165, 1.54) is 6.07 Å². The van der Waals surface area contributed by atoms with Crippen LogP contribution < -0.4 is 15.8 Å². The Morgan fingerprint density at radius 2 is 2.00 bits per heavy atom. The number of ether oxygens (including phenoxy) is 1. The van der Waals surface area contributed by atoms with E-state index in [0.29, 0.717) is 22.8 Å². The van der Waals surface area contributed by atoms with Crippen molar-refractivity contribution in [2.75, 3.05) is 11.1 Å². The maximum Gasteiger partial charge on any atom is 0.573 e. The van der Waals surface area contributed by atoms with Gasteiger partial charge in [0.25, 0.3) is 0 Å².